The number of phenolic OH excluding ortho intramolecular Hbond substituents is 1. The smallest absolute Gasteiger partial charge is 0.190 e. The summed E-state index contributed by atoms with van der Waals surface area (Å²) in [5.74, 6) is -2.90. The predicted molar refractivity (Wildman–Crippen MR) is 153 cm³/mol. The Labute approximate surface area is 242 Å². The van der Waals surface area contributed by atoms with Crippen molar-refractivity contribution in [2.75, 3.05) is 0 Å². The van der Waals surface area contributed by atoms with E-state index in [1.54, 1.807) is 33.8 Å². The number of aliphatic hydroxyl groups is 1. The standard InChI is InChI=1S/C34H42O7/c1-16(2)20-13-19(11-12-31(6,7)8)26(36)23-21(20)14-32(9)15-33(10)24(17(3)4)27(37)22(18(5)35)29(39)34(33,41)30(40)25(32)28(23)38/h13,16-17,22,24-25,36,41H,14-15H2,1-10H3/t22?,24?,25?,32-,33-,34+/m1/s1. The highest BCUT2D eigenvalue weighted by Crippen LogP contribution is 2.64. The second-order valence-electron chi connectivity index (χ2n) is 14.7. The Morgan fingerprint density at radius 1 is 1.05 bits per heavy atom. The van der Waals surface area contributed by atoms with Gasteiger partial charge in [-0.2, -0.15) is 0 Å². The van der Waals surface area contributed by atoms with Gasteiger partial charge in [0.2, 0.25) is 0 Å². The van der Waals surface area contributed by atoms with Crippen molar-refractivity contribution in [2.45, 2.75) is 93.6 Å². The Kier molecular flexibility index (Phi) is 7.11. The first-order valence-corrected chi connectivity index (χ1v) is 14.5. The molecule has 220 valence electrons. The van der Waals surface area contributed by atoms with Gasteiger partial charge in [0.1, 0.15) is 17.5 Å². The van der Waals surface area contributed by atoms with E-state index in [4.69, 9.17) is 0 Å². The molecule has 3 aliphatic rings. The molecule has 0 spiro atoms. The molecule has 0 radical (unpaired) electrons. The lowest BCUT2D eigenvalue weighted by atomic mass is 9.39. The highest BCUT2D eigenvalue weighted by Gasteiger charge is 2.76. The normalized spacial score (nSPS) is 33.2. The minimum absolute atomic E-state index is 0.000277. The van der Waals surface area contributed by atoms with Gasteiger partial charge in [-0.1, -0.05) is 53.4 Å². The highest BCUT2D eigenvalue weighted by molar-refractivity contribution is 6.32. The molecule has 0 aromatic heterocycles. The maximum Gasteiger partial charge on any atom is 0.190 e. The summed E-state index contributed by atoms with van der Waals surface area (Å²) in [5, 5.41) is 23.5. The second kappa shape index (κ2) is 9.46. The topological polar surface area (TPSA) is 126 Å². The molecule has 2 saturated carbocycles. The van der Waals surface area contributed by atoms with Crippen LogP contribution in [0, 0.1) is 51.8 Å². The summed E-state index contributed by atoms with van der Waals surface area (Å²) in [6.45, 7) is 17.8. The second-order valence-corrected chi connectivity index (χ2v) is 14.7. The first-order chi connectivity index (χ1) is 18.6. The number of aromatic hydroxyl groups is 1. The summed E-state index contributed by atoms with van der Waals surface area (Å²) in [5.41, 5.74) is -3.91. The van der Waals surface area contributed by atoms with Crippen molar-refractivity contribution >= 4 is 28.9 Å². The predicted octanol–water partition coefficient (Wildman–Crippen LogP) is 4.61. The molecule has 4 rings (SSSR count). The van der Waals surface area contributed by atoms with Gasteiger partial charge < -0.3 is 10.2 Å². The zero-order valence-corrected chi connectivity index (χ0v) is 25.8. The molecule has 0 saturated heterocycles. The van der Waals surface area contributed by atoms with Gasteiger partial charge in [0.25, 0.3) is 0 Å². The van der Waals surface area contributed by atoms with Gasteiger partial charge in [-0.3, -0.25) is 24.0 Å². The van der Waals surface area contributed by atoms with Gasteiger partial charge in [-0.05, 0) is 75.0 Å². The minimum atomic E-state index is -2.70. The Morgan fingerprint density at radius 2 is 1.63 bits per heavy atom. The molecule has 2 N–H and O–H groups in total. The highest BCUT2D eigenvalue weighted by atomic mass is 16.3. The zero-order valence-electron chi connectivity index (χ0n) is 25.8. The summed E-state index contributed by atoms with van der Waals surface area (Å²) in [7, 11) is 0. The third kappa shape index (κ3) is 4.24. The Hall–Kier alpha value is -3.11. The molecule has 41 heavy (non-hydrogen) atoms. The summed E-state index contributed by atoms with van der Waals surface area (Å²) in [6.07, 6.45) is 0.264. The van der Waals surface area contributed by atoms with Crippen LogP contribution in [0.2, 0.25) is 0 Å². The third-order valence-electron chi connectivity index (χ3n) is 9.61. The first kappa shape index (κ1) is 30.8. The van der Waals surface area contributed by atoms with E-state index in [-0.39, 0.29) is 47.0 Å². The minimum Gasteiger partial charge on any atom is -0.506 e. The molecule has 1 aromatic rings. The Morgan fingerprint density at radius 3 is 2.12 bits per heavy atom. The summed E-state index contributed by atoms with van der Waals surface area (Å²) >= 11 is 0. The number of fused-ring (bicyclic) bond motifs is 3. The molecule has 0 aliphatic heterocycles. The van der Waals surface area contributed by atoms with E-state index in [1.165, 1.54) is 0 Å². The van der Waals surface area contributed by atoms with E-state index in [1.807, 2.05) is 34.6 Å². The molecular formula is C34H42O7. The van der Waals surface area contributed by atoms with Gasteiger partial charge in [-0.15, -0.1) is 0 Å². The summed E-state index contributed by atoms with van der Waals surface area (Å²) in [6, 6.07) is 1.80. The van der Waals surface area contributed by atoms with Gasteiger partial charge >= 0.3 is 0 Å². The number of carbonyl (C=O) groups is 5. The molecule has 6 atom stereocenters. The molecule has 1 aromatic carbocycles. The van der Waals surface area contributed by atoms with Gasteiger partial charge in [-0.25, -0.2) is 0 Å². The molecule has 3 aliphatic carbocycles. The lowest BCUT2D eigenvalue weighted by Crippen LogP contribution is -2.76. The SMILES string of the molecule is CC(=O)C1C(=O)C(C(C)C)[C@@]2(C)C[C@@]3(C)Cc4c(C(C)C)cc(C#CC(C)(C)C)c(O)c4C(=O)C3C(=O)[C@@]2(O)C1=O. The van der Waals surface area contributed by atoms with Crippen LogP contribution in [-0.4, -0.2) is 44.7 Å². The van der Waals surface area contributed by atoms with Crippen LogP contribution >= 0.6 is 0 Å². The molecule has 2 fully saturated rings. The average Bonchev–Trinajstić information content (AvgIpc) is 2.79. The average molecular weight is 563 g/mol. The molecule has 0 heterocycles. The fourth-order valence-electron chi connectivity index (χ4n) is 8.10. The van der Waals surface area contributed by atoms with Crippen LogP contribution in [0.3, 0.4) is 0 Å². The van der Waals surface area contributed by atoms with E-state index < -0.39 is 63.1 Å². The molecule has 7 heteroatoms. The molecule has 7 nitrogen and oxygen atoms in total. The molecule has 3 unspecified atom stereocenters. The van der Waals surface area contributed by atoms with Crippen LogP contribution in [0.4, 0.5) is 0 Å². The fraction of sp³-hybridized carbons (Fsp3) is 0.618. The quantitative estimate of drug-likeness (QED) is 0.407. The maximum atomic E-state index is 14.4. The monoisotopic (exact) mass is 562 g/mol. The van der Waals surface area contributed by atoms with E-state index in [9.17, 15) is 34.2 Å². The summed E-state index contributed by atoms with van der Waals surface area (Å²) in [4.78, 5) is 68.8. The number of carbonyl (C=O) groups excluding carboxylic acids is 5. The van der Waals surface area contributed by atoms with Crippen molar-refractivity contribution in [2.24, 2.45) is 39.9 Å². The third-order valence-corrected chi connectivity index (χ3v) is 9.61. The van der Waals surface area contributed by atoms with Crippen molar-refractivity contribution in [1.82, 2.24) is 0 Å². The number of ketones is 5. The lowest BCUT2D eigenvalue weighted by Gasteiger charge is -2.62. The fourth-order valence-corrected chi connectivity index (χ4v) is 8.10. The van der Waals surface area contributed by atoms with E-state index in [2.05, 4.69) is 11.8 Å². The molecule has 0 amide bonds. The van der Waals surface area contributed by atoms with Crippen molar-refractivity contribution in [3.63, 3.8) is 0 Å². The lowest BCUT2D eigenvalue weighted by molar-refractivity contribution is -0.205. The van der Waals surface area contributed by atoms with Gasteiger partial charge in [0, 0.05) is 16.7 Å². The number of rotatable bonds is 3. The van der Waals surface area contributed by atoms with Crippen LogP contribution in [0.25, 0.3) is 0 Å². The number of phenols is 1. The zero-order chi connectivity index (χ0) is 31.2. The molecule has 0 bridgehead atoms. The first-order valence-electron chi connectivity index (χ1n) is 14.5. The van der Waals surface area contributed by atoms with E-state index in [0.717, 1.165) is 12.5 Å². The van der Waals surface area contributed by atoms with Crippen LogP contribution < -0.4 is 0 Å². The van der Waals surface area contributed by atoms with Crippen LogP contribution in [0.1, 0.15) is 109 Å². The van der Waals surface area contributed by atoms with E-state index in [0.29, 0.717) is 5.56 Å². The summed E-state index contributed by atoms with van der Waals surface area (Å²) < 4.78 is 0. The molecular weight excluding hydrogens is 520 g/mol. The van der Waals surface area contributed by atoms with Crippen molar-refractivity contribution < 1.29 is 34.2 Å². The number of hydrogen-bond acceptors (Lipinski definition) is 7. The number of Topliss-reactive ketones (excluding diaryl/α,β-unsaturated/α-hetero) is 5. The largest absolute Gasteiger partial charge is 0.506 e. The van der Waals surface area contributed by atoms with Crippen molar-refractivity contribution in [3.05, 3.63) is 28.3 Å². The van der Waals surface area contributed by atoms with Gasteiger partial charge in [0.15, 0.2) is 28.7 Å². The van der Waals surface area contributed by atoms with Gasteiger partial charge in [0.05, 0.1) is 17.0 Å². The van der Waals surface area contributed by atoms with Crippen molar-refractivity contribution in [1.29, 1.82) is 0 Å². The van der Waals surface area contributed by atoms with Crippen LogP contribution in [0.5, 0.6) is 5.75 Å². The van der Waals surface area contributed by atoms with Crippen LogP contribution in [-0.2, 0) is 25.6 Å². The number of benzene rings is 1. The Balaban J connectivity index is 2.01. The number of hydrogen-bond donors (Lipinski definition) is 2. The van der Waals surface area contributed by atoms with Crippen molar-refractivity contribution in [3.8, 4) is 17.6 Å². The van der Waals surface area contributed by atoms with Crippen LogP contribution in [0.15, 0.2) is 6.07 Å². The Bertz CT molecular complexity index is 1460. The maximum absolute atomic E-state index is 14.4. The van der Waals surface area contributed by atoms with E-state index >= 15 is 0 Å².